The van der Waals surface area contributed by atoms with Crippen LogP contribution in [0, 0.1) is 0 Å². The molecule has 0 aromatic heterocycles. The van der Waals surface area contributed by atoms with Gasteiger partial charge in [0.25, 0.3) is 0 Å². The average molecular weight is 477 g/mol. The molecule has 174 valence electrons. The van der Waals surface area contributed by atoms with Crippen LogP contribution in [0.5, 0.6) is 0 Å². The molecule has 3 rings (SSSR count). The molecule has 32 heavy (non-hydrogen) atoms. The Kier molecular flexibility index (Phi) is 8.97. The van der Waals surface area contributed by atoms with E-state index in [4.69, 9.17) is 23.2 Å². The quantitative estimate of drug-likeness (QED) is 0.565. The van der Waals surface area contributed by atoms with Crippen LogP contribution < -0.4 is 10.6 Å². The first-order valence-electron chi connectivity index (χ1n) is 11.2. The third-order valence-corrected chi connectivity index (χ3v) is 7.22. The SMILES string of the molecule is CNCC(c1ccc(Cl)c(Cl)c1)N(C)CCN1CCC(NC(C)=O)(c2ccccc2)CC1. The van der Waals surface area contributed by atoms with Gasteiger partial charge < -0.3 is 15.5 Å². The van der Waals surface area contributed by atoms with Gasteiger partial charge in [-0.05, 0) is 50.2 Å². The summed E-state index contributed by atoms with van der Waals surface area (Å²) in [6.45, 7) is 6.25. The van der Waals surface area contributed by atoms with Crippen LogP contribution in [0.2, 0.25) is 10.0 Å². The van der Waals surface area contributed by atoms with E-state index in [1.807, 2.05) is 37.4 Å². The molecule has 0 spiro atoms. The van der Waals surface area contributed by atoms with Crippen molar-refractivity contribution in [2.24, 2.45) is 0 Å². The minimum atomic E-state index is -0.274. The number of hydrogen-bond donors (Lipinski definition) is 2. The second-order valence-electron chi connectivity index (χ2n) is 8.70. The summed E-state index contributed by atoms with van der Waals surface area (Å²) in [6, 6.07) is 16.5. The fourth-order valence-electron chi connectivity index (χ4n) is 4.63. The molecular formula is C25H34Cl2N4O. The lowest BCUT2D eigenvalue weighted by atomic mass is 9.80. The molecule has 2 aromatic carbocycles. The van der Waals surface area contributed by atoms with Crippen molar-refractivity contribution in [3.8, 4) is 0 Å². The monoisotopic (exact) mass is 476 g/mol. The molecule has 2 aromatic rings. The van der Waals surface area contributed by atoms with Gasteiger partial charge in [-0.1, -0.05) is 59.6 Å². The second-order valence-corrected chi connectivity index (χ2v) is 9.51. The number of likely N-dealkylation sites (tertiary alicyclic amines) is 1. The lowest BCUT2D eigenvalue weighted by Gasteiger charge is -2.43. The Hall–Kier alpha value is -1.63. The number of piperidine rings is 1. The maximum absolute atomic E-state index is 11.9. The zero-order chi connectivity index (χ0) is 23.1. The molecule has 0 saturated carbocycles. The normalized spacial score (nSPS) is 17.3. The summed E-state index contributed by atoms with van der Waals surface area (Å²) >= 11 is 12.4. The van der Waals surface area contributed by atoms with Gasteiger partial charge in [0.2, 0.25) is 5.91 Å². The minimum absolute atomic E-state index is 0.0265. The smallest absolute Gasteiger partial charge is 0.217 e. The van der Waals surface area contributed by atoms with E-state index in [1.54, 1.807) is 6.92 Å². The maximum Gasteiger partial charge on any atom is 0.217 e. The fraction of sp³-hybridized carbons (Fsp3) is 0.480. The zero-order valence-electron chi connectivity index (χ0n) is 19.2. The van der Waals surface area contributed by atoms with Crippen LogP contribution in [0.3, 0.4) is 0 Å². The number of halogens is 2. The van der Waals surface area contributed by atoms with Crippen molar-refractivity contribution in [3.63, 3.8) is 0 Å². The number of nitrogens with one attached hydrogen (secondary N) is 2. The second kappa shape index (κ2) is 11.5. The summed E-state index contributed by atoms with van der Waals surface area (Å²) in [7, 11) is 4.12. The summed E-state index contributed by atoms with van der Waals surface area (Å²) in [6.07, 6.45) is 1.82. The summed E-state index contributed by atoms with van der Waals surface area (Å²) in [5.74, 6) is 0.0265. The first kappa shape index (κ1) is 25.0. The van der Waals surface area contributed by atoms with Gasteiger partial charge in [0, 0.05) is 45.7 Å². The van der Waals surface area contributed by atoms with Gasteiger partial charge in [0.05, 0.1) is 15.6 Å². The summed E-state index contributed by atoms with van der Waals surface area (Å²) in [5.41, 5.74) is 2.08. The average Bonchev–Trinajstić information content (AvgIpc) is 2.79. The van der Waals surface area contributed by atoms with Crippen LogP contribution in [0.25, 0.3) is 0 Å². The van der Waals surface area contributed by atoms with E-state index in [0.29, 0.717) is 10.0 Å². The van der Waals surface area contributed by atoms with E-state index < -0.39 is 0 Å². The van der Waals surface area contributed by atoms with E-state index in [0.717, 1.165) is 51.1 Å². The number of benzene rings is 2. The van der Waals surface area contributed by atoms with Crippen LogP contribution in [0.4, 0.5) is 0 Å². The first-order chi connectivity index (χ1) is 15.3. The highest BCUT2D eigenvalue weighted by atomic mass is 35.5. The predicted octanol–water partition coefficient (Wildman–Crippen LogP) is 4.31. The lowest BCUT2D eigenvalue weighted by Crippen LogP contribution is -2.53. The van der Waals surface area contributed by atoms with E-state index in [2.05, 4.69) is 45.7 Å². The Morgan fingerprint density at radius 2 is 1.81 bits per heavy atom. The van der Waals surface area contributed by atoms with E-state index >= 15 is 0 Å². The van der Waals surface area contributed by atoms with Gasteiger partial charge in [-0.3, -0.25) is 9.69 Å². The van der Waals surface area contributed by atoms with Crippen molar-refractivity contribution in [3.05, 3.63) is 69.7 Å². The number of carbonyl (C=O) groups is 1. The molecule has 1 aliphatic rings. The topological polar surface area (TPSA) is 47.6 Å². The standard InChI is InChI=1S/C25H34Cl2N4O/c1-19(32)29-25(21-7-5-4-6-8-21)11-13-31(14-12-25)16-15-30(3)24(18-28-2)20-9-10-22(26)23(27)17-20/h4-10,17,24,28H,11-16,18H2,1-3H3,(H,29,32). The number of rotatable bonds is 9. The van der Waals surface area contributed by atoms with Crippen molar-refractivity contribution >= 4 is 29.1 Å². The Bertz CT molecular complexity index is 885. The Morgan fingerprint density at radius 1 is 1.12 bits per heavy atom. The van der Waals surface area contributed by atoms with Gasteiger partial charge in [0.1, 0.15) is 0 Å². The molecular weight excluding hydrogens is 443 g/mol. The summed E-state index contributed by atoms with van der Waals surface area (Å²) < 4.78 is 0. The van der Waals surface area contributed by atoms with E-state index in [9.17, 15) is 4.79 Å². The largest absolute Gasteiger partial charge is 0.347 e. The molecule has 1 atom stereocenters. The third kappa shape index (κ3) is 6.24. The molecule has 1 unspecified atom stereocenters. The molecule has 0 radical (unpaired) electrons. The third-order valence-electron chi connectivity index (χ3n) is 6.48. The molecule has 0 bridgehead atoms. The zero-order valence-corrected chi connectivity index (χ0v) is 20.7. The molecule has 2 N–H and O–H groups in total. The van der Waals surface area contributed by atoms with Crippen molar-refractivity contribution in [2.45, 2.75) is 31.3 Å². The van der Waals surface area contributed by atoms with E-state index in [-0.39, 0.29) is 17.5 Å². The van der Waals surface area contributed by atoms with Crippen LogP contribution in [0.15, 0.2) is 48.5 Å². The number of likely N-dealkylation sites (N-methyl/N-ethyl adjacent to an activating group) is 2. The summed E-state index contributed by atoms with van der Waals surface area (Å²) in [5, 5.41) is 7.72. The highest BCUT2D eigenvalue weighted by Gasteiger charge is 2.36. The minimum Gasteiger partial charge on any atom is -0.347 e. The van der Waals surface area contributed by atoms with E-state index in [1.165, 1.54) is 5.56 Å². The lowest BCUT2D eigenvalue weighted by molar-refractivity contribution is -0.121. The number of hydrogen-bond acceptors (Lipinski definition) is 4. The van der Waals surface area contributed by atoms with Gasteiger partial charge in [0.15, 0.2) is 0 Å². The van der Waals surface area contributed by atoms with Crippen LogP contribution in [-0.4, -0.2) is 62.5 Å². The molecule has 5 nitrogen and oxygen atoms in total. The number of carbonyl (C=O) groups excluding carboxylic acids is 1. The Morgan fingerprint density at radius 3 is 2.41 bits per heavy atom. The van der Waals surface area contributed by atoms with Crippen molar-refractivity contribution in [1.29, 1.82) is 0 Å². The fourth-order valence-corrected chi connectivity index (χ4v) is 4.94. The maximum atomic E-state index is 11.9. The molecule has 1 aliphatic heterocycles. The van der Waals surface area contributed by atoms with Crippen LogP contribution >= 0.6 is 23.2 Å². The van der Waals surface area contributed by atoms with Gasteiger partial charge in [-0.15, -0.1) is 0 Å². The highest BCUT2D eigenvalue weighted by Crippen LogP contribution is 2.33. The predicted molar refractivity (Wildman–Crippen MR) is 133 cm³/mol. The highest BCUT2D eigenvalue weighted by molar-refractivity contribution is 6.42. The summed E-state index contributed by atoms with van der Waals surface area (Å²) in [4.78, 5) is 16.8. The molecule has 0 aliphatic carbocycles. The Labute approximate surface area is 202 Å². The van der Waals surface area contributed by atoms with Crippen molar-refractivity contribution in [1.82, 2.24) is 20.4 Å². The number of amides is 1. The Balaban J connectivity index is 1.61. The molecule has 1 saturated heterocycles. The molecule has 7 heteroatoms. The van der Waals surface area contributed by atoms with Crippen LogP contribution in [-0.2, 0) is 10.3 Å². The first-order valence-corrected chi connectivity index (χ1v) is 12.0. The van der Waals surface area contributed by atoms with Gasteiger partial charge in [-0.25, -0.2) is 0 Å². The number of nitrogens with zero attached hydrogens (tertiary/aromatic N) is 2. The van der Waals surface area contributed by atoms with Crippen LogP contribution in [0.1, 0.15) is 36.9 Å². The van der Waals surface area contributed by atoms with Crippen molar-refractivity contribution in [2.75, 3.05) is 46.8 Å². The molecule has 1 fully saturated rings. The van der Waals surface area contributed by atoms with Crippen molar-refractivity contribution < 1.29 is 4.79 Å². The van der Waals surface area contributed by atoms with Gasteiger partial charge >= 0.3 is 0 Å². The van der Waals surface area contributed by atoms with Gasteiger partial charge in [-0.2, -0.15) is 0 Å². The molecule has 1 heterocycles. The molecule has 1 amide bonds.